The normalized spacial score (nSPS) is 15.2. The molecule has 36 heavy (non-hydrogen) atoms. The summed E-state index contributed by atoms with van der Waals surface area (Å²) in [5.41, 5.74) is 6.37. The Kier molecular flexibility index (Phi) is 6.41. The van der Waals surface area contributed by atoms with Crippen LogP contribution in [0.1, 0.15) is 23.1 Å². The number of benzene rings is 3. The molecule has 1 aliphatic heterocycles. The number of rotatable bonds is 5. The average molecular weight is 490 g/mol. The Hall–Kier alpha value is -4.21. The van der Waals surface area contributed by atoms with E-state index in [-0.39, 0.29) is 18.2 Å². The van der Waals surface area contributed by atoms with E-state index in [0.717, 1.165) is 27.8 Å². The lowest BCUT2D eigenvalue weighted by Gasteiger charge is -2.16. The van der Waals surface area contributed by atoms with E-state index < -0.39 is 5.25 Å². The molecule has 4 aromatic rings. The summed E-state index contributed by atoms with van der Waals surface area (Å²) in [6.07, 6.45) is 0.0548. The minimum atomic E-state index is -0.658. The second-order valence-corrected chi connectivity index (χ2v) is 9.99. The summed E-state index contributed by atoms with van der Waals surface area (Å²) in [5.74, 6) is -0.542. The van der Waals surface area contributed by atoms with Crippen LogP contribution in [0.25, 0.3) is 22.4 Å². The number of hydrogen-bond acceptors (Lipinski definition) is 5. The number of anilines is 1. The molecule has 0 N–H and O–H groups in total. The van der Waals surface area contributed by atoms with Crippen LogP contribution in [0, 0.1) is 25.2 Å². The van der Waals surface area contributed by atoms with Crippen LogP contribution in [-0.2, 0) is 9.59 Å². The fourth-order valence-electron chi connectivity index (χ4n) is 4.31. The van der Waals surface area contributed by atoms with E-state index >= 15 is 0 Å². The highest BCUT2D eigenvalue weighted by atomic mass is 32.2. The summed E-state index contributed by atoms with van der Waals surface area (Å²) < 4.78 is 0. The largest absolute Gasteiger partial charge is 0.274 e. The Balaban J connectivity index is 1.58. The van der Waals surface area contributed by atoms with Crippen LogP contribution in [0.5, 0.6) is 0 Å². The third-order valence-electron chi connectivity index (χ3n) is 6.15. The number of nitriles is 1. The molecule has 5 rings (SSSR count). The Bertz CT molecular complexity index is 1510. The predicted octanol–water partition coefficient (Wildman–Crippen LogP) is 6.33. The molecule has 0 bridgehead atoms. The molecule has 3 aromatic carbocycles. The smallest absolute Gasteiger partial charge is 0.247 e. The first kappa shape index (κ1) is 23.5. The highest BCUT2D eigenvalue weighted by Crippen LogP contribution is 2.39. The zero-order valence-corrected chi connectivity index (χ0v) is 20.8. The Morgan fingerprint density at radius 1 is 0.889 bits per heavy atom. The van der Waals surface area contributed by atoms with Crippen molar-refractivity contribution in [2.75, 3.05) is 4.90 Å². The first-order valence-corrected chi connectivity index (χ1v) is 12.5. The van der Waals surface area contributed by atoms with Crippen LogP contribution in [-0.4, -0.2) is 22.0 Å². The van der Waals surface area contributed by atoms with Crippen LogP contribution in [0.15, 0.2) is 90.0 Å². The molecular weight excluding hydrogens is 466 g/mol. The predicted molar refractivity (Wildman–Crippen MR) is 142 cm³/mol. The molecule has 1 saturated heterocycles. The molecule has 0 aliphatic carbocycles. The Morgan fingerprint density at radius 2 is 1.61 bits per heavy atom. The van der Waals surface area contributed by atoms with Gasteiger partial charge in [0.05, 0.1) is 22.2 Å². The van der Waals surface area contributed by atoms with Gasteiger partial charge in [-0.05, 0) is 37.6 Å². The van der Waals surface area contributed by atoms with E-state index in [0.29, 0.717) is 22.0 Å². The standard InChI is InChI=1S/C30H23N3O2S/c1-19-11-13-23(14-12-19)33-28(34)17-27(30(33)35)36-29-25(18-31)24(22-10-6-7-20(2)15-22)16-26(32-29)21-8-4-3-5-9-21/h3-16,27H,17H2,1-2H3. The van der Waals surface area contributed by atoms with Gasteiger partial charge in [0, 0.05) is 17.5 Å². The molecule has 1 fully saturated rings. The van der Waals surface area contributed by atoms with Crippen molar-refractivity contribution in [3.8, 4) is 28.5 Å². The molecular formula is C30H23N3O2S. The number of aryl methyl sites for hydroxylation is 2. The SMILES string of the molecule is Cc1ccc(N2C(=O)CC(Sc3nc(-c4ccccc4)cc(-c4cccc(C)c4)c3C#N)C2=O)cc1. The number of nitrogens with zero attached hydrogens (tertiary/aromatic N) is 3. The quantitative estimate of drug-likeness (QED) is 0.306. The van der Waals surface area contributed by atoms with Gasteiger partial charge in [-0.1, -0.05) is 89.6 Å². The lowest BCUT2D eigenvalue weighted by Crippen LogP contribution is -2.31. The van der Waals surface area contributed by atoms with E-state index in [4.69, 9.17) is 4.98 Å². The van der Waals surface area contributed by atoms with E-state index in [9.17, 15) is 14.9 Å². The minimum Gasteiger partial charge on any atom is -0.274 e. The van der Waals surface area contributed by atoms with E-state index in [1.165, 1.54) is 16.7 Å². The number of carbonyl (C=O) groups excluding carboxylic acids is 2. The van der Waals surface area contributed by atoms with Crippen molar-refractivity contribution in [1.82, 2.24) is 4.98 Å². The molecule has 2 amide bonds. The van der Waals surface area contributed by atoms with E-state index in [1.54, 1.807) is 12.1 Å². The van der Waals surface area contributed by atoms with Crippen molar-refractivity contribution in [2.24, 2.45) is 0 Å². The molecule has 0 spiro atoms. The monoisotopic (exact) mass is 489 g/mol. The zero-order chi connectivity index (χ0) is 25.2. The van der Waals surface area contributed by atoms with Gasteiger partial charge in [-0.25, -0.2) is 9.88 Å². The molecule has 5 nitrogen and oxygen atoms in total. The molecule has 1 aliphatic rings. The summed E-state index contributed by atoms with van der Waals surface area (Å²) in [4.78, 5) is 32.2. The molecule has 1 aromatic heterocycles. The number of imide groups is 1. The van der Waals surface area contributed by atoms with Crippen LogP contribution >= 0.6 is 11.8 Å². The highest BCUT2D eigenvalue weighted by Gasteiger charge is 2.41. The molecule has 0 saturated carbocycles. The van der Waals surface area contributed by atoms with E-state index in [2.05, 4.69) is 6.07 Å². The maximum Gasteiger partial charge on any atom is 0.247 e. The number of aromatic nitrogens is 1. The molecule has 176 valence electrons. The molecule has 1 unspecified atom stereocenters. The third-order valence-corrected chi connectivity index (χ3v) is 7.32. The van der Waals surface area contributed by atoms with Gasteiger partial charge < -0.3 is 0 Å². The van der Waals surface area contributed by atoms with Gasteiger partial charge in [-0.3, -0.25) is 9.59 Å². The van der Waals surface area contributed by atoms with Gasteiger partial charge in [-0.2, -0.15) is 5.26 Å². The first-order valence-electron chi connectivity index (χ1n) is 11.6. The topological polar surface area (TPSA) is 74.1 Å². The van der Waals surface area contributed by atoms with E-state index in [1.807, 2.05) is 86.6 Å². The lowest BCUT2D eigenvalue weighted by atomic mass is 9.98. The first-order chi connectivity index (χ1) is 17.4. The number of thioether (sulfide) groups is 1. The van der Waals surface area contributed by atoms with Crippen LogP contribution in [0.4, 0.5) is 5.69 Å². The number of hydrogen-bond donors (Lipinski definition) is 0. The number of pyridine rings is 1. The Morgan fingerprint density at radius 3 is 2.31 bits per heavy atom. The molecule has 0 radical (unpaired) electrons. The maximum absolute atomic E-state index is 13.3. The summed E-state index contributed by atoms with van der Waals surface area (Å²) >= 11 is 1.19. The van der Waals surface area contributed by atoms with Crippen molar-refractivity contribution in [1.29, 1.82) is 5.26 Å². The van der Waals surface area contributed by atoms with Gasteiger partial charge in [0.2, 0.25) is 11.8 Å². The maximum atomic E-state index is 13.3. The summed E-state index contributed by atoms with van der Waals surface area (Å²) in [5, 5.41) is 9.97. The van der Waals surface area contributed by atoms with Gasteiger partial charge >= 0.3 is 0 Å². The second-order valence-electron chi connectivity index (χ2n) is 8.80. The summed E-state index contributed by atoms with van der Waals surface area (Å²) in [6, 6.07) is 29.3. The number of amides is 2. The Labute approximate surface area is 214 Å². The second kappa shape index (κ2) is 9.80. The summed E-state index contributed by atoms with van der Waals surface area (Å²) in [6.45, 7) is 3.96. The van der Waals surface area contributed by atoms with Gasteiger partial charge in [0.15, 0.2) is 0 Å². The van der Waals surface area contributed by atoms with Gasteiger partial charge in [0.1, 0.15) is 11.1 Å². The van der Waals surface area contributed by atoms with Crippen molar-refractivity contribution < 1.29 is 9.59 Å². The fourth-order valence-corrected chi connectivity index (χ4v) is 5.43. The average Bonchev–Trinajstić information content (AvgIpc) is 3.17. The van der Waals surface area contributed by atoms with Gasteiger partial charge in [0.25, 0.3) is 0 Å². The number of carbonyl (C=O) groups is 2. The van der Waals surface area contributed by atoms with Crippen LogP contribution in [0.3, 0.4) is 0 Å². The minimum absolute atomic E-state index is 0.0548. The highest BCUT2D eigenvalue weighted by molar-refractivity contribution is 8.00. The zero-order valence-electron chi connectivity index (χ0n) is 19.9. The van der Waals surface area contributed by atoms with Crippen LogP contribution in [0.2, 0.25) is 0 Å². The van der Waals surface area contributed by atoms with Crippen molar-refractivity contribution in [3.05, 3.63) is 102 Å². The van der Waals surface area contributed by atoms with Crippen molar-refractivity contribution in [3.63, 3.8) is 0 Å². The van der Waals surface area contributed by atoms with Crippen LogP contribution < -0.4 is 4.90 Å². The molecule has 6 heteroatoms. The third kappa shape index (κ3) is 4.53. The van der Waals surface area contributed by atoms with Gasteiger partial charge in [-0.15, -0.1) is 0 Å². The molecule has 1 atom stereocenters. The molecule has 2 heterocycles. The fraction of sp³-hybridized carbons (Fsp3) is 0.133. The van der Waals surface area contributed by atoms with Crippen molar-refractivity contribution in [2.45, 2.75) is 30.5 Å². The lowest BCUT2D eigenvalue weighted by molar-refractivity contribution is -0.121. The van der Waals surface area contributed by atoms with Crippen molar-refractivity contribution >= 4 is 29.3 Å². The summed E-state index contributed by atoms with van der Waals surface area (Å²) in [7, 11) is 0.